The van der Waals surface area contributed by atoms with E-state index in [1.165, 1.54) is 0 Å². The van der Waals surface area contributed by atoms with E-state index in [1.807, 2.05) is 84.9 Å². The normalized spacial score (nSPS) is 10.5. The van der Waals surface area contributed by atoms with Crippen LogP contribution in [-0.4, -0.2) is 15.9 Å². The summed E-state index contributed by atoms with van der Waals surface area (Å²) in [6, 6.07) is 30.6. The van der Waals surface area contributed by atoms with Crippen molar-refractivity contribution < 1.29 is 4.79 Å². The highest BCUT2D eigenvalue weighted by Crippen LogP contribution is 2.21. The van der Waals surface area contributed by atoms with Gasteiger partial charge in [-0.2, -0.15) is 0 Å². The van der Waals surface area contributed by atoms with E-state index in [-0.39, 0.29) is 5.91 Å². The third kappa shape index (κ3) is 4.97. The van der Waals surface area contributed by atoms with Crippen LogP contribution in [0.5, 0.6) is 0 Å². The van der Waals surface area contributed by atoms with Gasteiger partial charge in [0.05, 0.1) is 5.52 Å². The molecule has 6 heteroatoms. The lowest BCUT2D eigenvalue weighted by Gasteiger charge is -2.10. The van der Waals surface area contributed by atoms with Gasteiger partial charge in [-0.05, 0) is 78.9 Å². The monoisotopic (exact) mass is 431 g/mol. The van der Waals surface area contributed by atoms with Gasteiger partial charge >= 0.3 is 0 Å². The smallest absolute Gasteiger partial charge is 0.255 e. The first-order valence-electron chi connectivity index (χ1n) is 10.5. The lowest BCUT2D eigenvalue weighted by atomic mass is 10.2. The van der Waals surface area contributed by atoms with Gasteiger partial charge in [0.1, 0.15) is 5.82 Å². The Morgan fingerprint density at radius 2 is 1.24 bits per heavy atom. The van der Waals surface area contributed by atoms with Crippen molar-refractivity contribution in [3.63, 3.8) is 0 Å². The highest BCUT2D eigenvalue weighted by Gasteiger charge is 2.07. The molecule has 0 aliphatic heterocycles. The maximum Gasteiger partial charge on any atom is 0.255 e. The molecule has 5 aromatic rings. The number of benzene rings is 3. The van der Waals surface area contributed by atoms with Crippen LogP contribution in [0.15, 0.2) is 109 Å². The maximum atomic E-state index is 12.6. The van der Waals surface area contributed by atoms with Crippen molar-refractivity contribution in [2.24, 2.45) is 0 Å². The number of rotatable bonds is 6. The number of nitrogens with zero attached hydrogens (tertiary/aromatic N) is 2. The van der Waals surface area contributed by atoms with Crippen molar-refractivity contribution in [2.75, 3.05) is 16.0 Å². The molecule has 0 atom stereocenters. The van der Waals surface area contributed by atoms with Crippen molar-refractivity contribution in [3.05, 3.63) is 115 Å². The summed E-state index contributed by atoms with van der Waals surface area (Å²) in [6.45, 7) is 0. The third-order valence-electron chi connectivity index (χ3n) is 5.13. The van der Waals surface area contributed by atoms with Crippen LogP contribution in [0.4, 0.5) is 28.6 Å². The molecule has 6 nitrogen and oxygen atoms in total. The fourth-order valence-corrected chi connectivity index (χ4v) is 3.43. The predicted molar refractivity (Wildman–Crippen MR) is 133 cm³/mol. The summed E-state index contributed by atoms with van der Waals surface area (Å²) >= 11 is 0. The van der Waals surface area contributed by atoms with Gasteiger partial charge < -0.3 is 16.0 Å². The van der Waals surface area contributed by atoms with E-state index in [1.54, 1.807) is 24.5 Å². The lowest BCUT2D eigenvalue weighted by molar-refractivity contribution is 0.102. The van der Waals surface area contributed by atoms with Crippen molar-refractivity contribution in [2.45, 2.75) is 0 Å². The molecule has 0 spiro atoms. The highest BCUT2D eigenvalue weighted by atomic mass is 16.1. The van der Waals surface area contributed by atoms with Crippen molar-refractivity contribution in [1.82, 2.24) is 9.97 Å². The molecular formula is C27H21N5O. The molecule has 0 saturated carbocycles. The average molecular weight is 431 g/mol. The van der Waals surface area contributed by atoms with E-state index < -0.39 is 0 Å². The number of hydrogen-bond acceptors (Lipinski definition) is 5. The lowest BCUT2D eigenvalue weighted by Crippen LogP contribution is -2.11. The van der Waals surface area contributed by atoms with Crippen LogP contribution < -0.4 is 16.0 Å². The molecule has 5 rings (SSSR count). The molecule has 1 amide bonds. The second-order valence-electron chi connectivity index (χ2n) is 7.48. The Morgan fingerprint density at radius 3 is 2.03 bits per heavy atom. The summed E-state index contributed by atoms with van der Waals surface area (Å²) in [6.07, 6.45) is 3.46. The Kier molecular flexibility index (Phi) is 5.63. The van der Waals surface area contributed by atoms with Crippen LogP contribution >= 0.6 is 0 Å². The van der Waals surface area contributed by atoms with Gasteiger partial charge in [-0.1, -0.05) is 18.2 Å². The van der Waals surface area contributed by atoms with Gasteiger partial charge in [-0.15, -0.1) is 0 Å². The van der Waals surface area contributed by atoms with Gasteiger partial charge in [-0.25, -0.2) is 4.98 Å². The Morgan fingerprint density at radius 1 is 0.606 bits per heavy atom. The molecule has 2 aromatic heterocycles. The van der Waals surface area contributed by atoms with E-state index in [4.69, 9.17) is 0 Å². The largest absolute Gasteiger partial charge is 0.355 e. The minimum atomic E-state index is -0.166. The number of anilines is 5. The van der Waals surface area contributed by atoms with Crippen LogP contribution in [0.3, 0.4) is 0 Å². The molecule has 0 unspecified atom stereocenters. The van der Waals surface area contributed by atoms with Crippen LogP contribution in [0, 0.1) is 0 Å². The zero-order valence-corrected chi connectivity index (χ0v) is 17.7. The van der Waals surface area contributed by atoms with Crippen LogP contribution in [0.2, 0.25) is 0 Å². The molecule has 33 heavy (non-hydrogen) atoms. The molecule has 0 bridgehead atoms. The minimum Gasteiger partial charge on any atom is -0.355 e. The number of carbonyl (C=O) groups excluding carboxylic acids is 1. The molecule has 160 valence electrons. The van der Waals surface area contributed by atoms with E-state index in [2.05, 4.69) is 25.9 Å². The minimum absolute atomic E-state index is 0.166. The summed E-state index contributed by atoms with van der Waals surface area (Å²) in [4.78, 5) is 21.3. The summed E-state index contributed by atoms with van der Waals surface area (Å²) in [5.41, 5.74) is 4.97. The number of amides is 1. The fourth-order valence-electron chi connectivity index (χ4n) is 3.43. The Bertz CT molecular complexity index is 1380. The number of aromatic nitrogens is 2. The molecule has 0 fully saturated rings. The first-order chi connectivity index (χ1) is 16.2. The number of para-hydroxylation sites is 1. The molecular weight excluding hydrogens is 410 g/mol. The summed E-state index contributed by atoms with van der Waals surface area (Å²) < 4.78 is 0. The van der Waals surface area contributed by atoms with Crippen LogP contribution in [-0.2, 0) is 0 Å². The van der Waals surface area contributed by atoms with Crippen molar-refractivity contribution >= 4 is 45.4 Å². The molecule has 3 aromatic carbocycles. The standard InChI is InChI=1S/C27H21N5O/c33-27(31-23-12-10-21(11-13-23)29-24-15-17-28-18-16-24)20-5-8-22(9-6-20)30-26-14-7-19-3-1-2-4-25(19)32-26/h1-18H,(H,28,29)(H,30,32)(H,31,33). The summed E-state index contributed by atoms with van der Waals surface area (Å²) in [7, 11) is 0. The molecule has 0 aliphatic carbocycles. The number of fused-ring (bicyclic) bond motifs is 1. The Labute approximate surface area is 191 Å². The molecule has 0 aliphatic rings. The summed E-state index contributed by atoms with van der Waals surface area (Å²) in [5, 5.41) is 10.6. The van der Waals surface area contributed by atoms with Gasteiger partial charge in [0.15, 0.2) is 0 Å². The quantitative estimate of drug-likeness (QED) is 0.291. The molecule has 2 heterocycles. The van der Waals surface area contributed by atoms with Gasteiger partial charge in [0.25, 0.3) is 5.91 Å². The molecule has 0 saturated heterocycles. The van der Waals surface area contributed by atoms with E-state index >= 15 is 0 Å². The van der Waals surface area contributed by atoms with Gasteiger partial charge in [0, 0.05) is 46.1 Å². The second kappa shape index (κ2) is 9.20. The first kappa shape index (κ1) is 20.2. The van der Waals surface area contributed by atoms with E-state index in [9.17, 15) is 4.79 Å². The molecule has 3 N–H and O–H groups in total. The number of pyridine rings is 2. The molecule has 0 radical (unpaired) electrons. The number of nitrogens with one attached hydrogen (secondary N) is 3. The van der Waals surface area contributed by atoms with Gasteiger partial charge in [0.2, 0.25) is 0 Å². The van der Waals surface area contributed by atoms with Gasteiger partial charge in [-0.3, -0.25) is 9.78 Å². The van der Waals surface area contributed by atoms with Crippen molar-refractivity contribution in [1.29, 1.82) is 0 Å². The second-order valence-corrected chi connectivity index (χ2v) is 7.48. The number of hydrogen-bond donors (Lipinski definition) is 3. The third-order valence-corrected chi connectivity index (χ3v) is 5.13. The SMILES string of the molecule is O=C(Nc1ccc(Nc2ccncc2)cc1)c1ccc(Nc2ccc3ccccc3n2)cc1. The summed E-state index contributed by atoms with van der Waals surface area (Å²) in [5.74, 6) is 0.589. The topological polar surface area (TPSA) is 78.9 Å². The zero-order chi connectivity index (χ0) is 22.5. The highest BCUT2D eigenvalue weighted by molar-refractivity contribution is 6.04. The zero-order valence-electron chi connectivity index (χ0n) is 17.7. The van der Waals surface area contributed by atoms with Crippen LogP contribution in [0.1, 0.15) is 10.4 Å². The van der Waals surface area contributed by atoms with E-state index in [0.717, 1.165) is 39.5 Å². The Balaban J connectivity index is 1.21. The number of carbonyl (C=O) groups is 1. The first-order valence-corrected chi connectivity index (χ1v) is 10.5. The Hall–Kier alpha value is -4.71. The maximum absolute atomic E-state index is 12.6. The van der Waals surface area contributed by atoms with Crippen molar-refractivity contribution in [3.8, 4) is 0 Å². The predicted octanol–water partition coefficient (Wildman–Crippen LogP) is 6.37. The van der Waals surface area contributed by atoms with E-state index in [0.29, 0.717) is 5.56 Å². The average Bonchev–Trinajstić information content (AvgIpc) is 2.86. The fraction of sp³-hybridized carbons (Fsp3) is 0. The van der Waals surface area contributed by atoms with Crippen LogP contribution in [0.25, 0.3) is 10.9 Å².